The molecule has 0 radical (unpaired) electrons. The summed E-state index contributed by atoms with van der Waals surface area (Å²) in [4.78, 5) is 152. The van der Waals surface area contributed by atoms with Crippen molar-refractivity contribution in [3.05, 3.63) is 0 Å². The highest BCUT2D eigenvalue weighted by atomic mass is 16.4. The first kappa shape index (κ1) is 66.4. The zero-order valence-corrected chi connectivity index (χ0v) is 45.4. The molecule has 0 spiro atoms. The van der Waals surface area contributed by atoms with E-state index in [1.807, 2.05) is 13.8 Å². The smallest absolute Gasteiger partial charge is 0.326 e. The molecule has 1 fully saturated rings. The van der Waals surface area contributed by atoms with Crippen molar-refractivity contribution in [2.75, 3.05) is 13.1 Å². The molecule has 0 aromatic rings. The van der Waals surface area contributed by atoms with Gasteiger partial charge < -0.3 is 75.3 Å². The summed E-state index contributed by atoms with van der Waals surface area (Å²) in [7, 11) is 0. The maximum atomic E-state index is 14.3. The predicted molar refractivity (Wildman–Crippen MR) is 277 cm³/mol. The monoisotopic (exact) mass is 1070 g/mol. The number of aliphatic carboxylic acids is 2. The van der Waals surface area contributed by atoms with E-state index in [0.717, 1.165) is 4.90 Å². The number of amides is 9. The number of hydrogen-bond acceptors (Lipinski definition) is 13. The number of carboxylic acid groups (broad SMARTS) is 2. The Hall–Kier alpha value is -6.60. The van der Waals surface area contributed by atoms with Crippen molar-refractivity contribution in [2.45, 2.75) is 194 Å². The van der Waals surface area contributed by atoms with Crippen LogP contribution in [0.2, 0.25) is 0 Å². The average Bonchev–Trinajstić information content (AvgIpc) is 3.79. The van der Waals surface area contributed by atoms with Crippen LogP contribution in [0, 0.1) is 29.6 Å². The van der Waals surface area contributed by atoms with E-state index >= 15 is 0 Å². The SMILES string of the molecule is CC[C@H](C)[C@H](NC(=O)[C@@H](N)CC(N)=O)C(=O)N[C@@H](CC(C)C)C(=O)N[C@@H](CC(=O)O)C(=O)N1CCC[C@H]1C(=O)N[C@@H](CCCN=C(N)N)C(=O)N[C@@H](CC(C)C)C(=O)N[C@@H](CC(C)C)C(=O)N[C@@H](CC(C)C)C(=O)O. The number of nitrogens with zero attached hydrogens (tertiary/aromatic N) is 2. The van der Waals surface area contributed by atoms with Crippen LogP contribution in [0.4, 0.5) is 0 Å². The van der Waals surface area contributed by atoms with Crippen molar-refractivity contribution >= 4 is 71.1 Å². The van der Waals surface area contributed by atoms with E-state index in [0.29, 0.717) is 6.42 Å². The number of rotatable bonds is 34. The van der Waals surface area contributed by atoms with Crippen molar-refractivity contribution in [2.24, 2.45) is 57.5 Å². The molecule has 10 atom stereocenters. The first-order valence-electron chi connectivity index (χ1n) is 25.8. The van der Waals surface area contributed by atoms with Crippen LogP contribution < -0.4 is 60.2 Å². The van der Waals surface area contributed by atoms with E-state index in [1.165, 1.54) is 0 Å². The van der Waals surface area contributed by atoms with Crippen LogP contribution in [0.5, 0.6) is 0 Å². The van der Waals surface area contributed by atoms with Crippen LogP contribution in [0.15, 0.2) is 4.99 Å². The molecular weight excluding hydrogens is 979 g/mol. The number of nitrogens with one attached hydrogen (secondary N) is 7. The molecule has 1 rings (SSSR count). The summed E-state index contributed by atoms with van der Waals surface area (Å²) in [5.74, 6) is -11.5. The highest BCUT2D eigenvalue weighted by Crippen LogP contribution is 2.21. The number of hydrogen-bond donors (Lipinski definition) is 13. The van der Waals surface area contributed by atoms with Gasteiger partial charge in [0.1, 0.15) is 48.3 Å². The summed E-state index contributed by atoms with van der Waals surface area (Å²) in [5.41, 5.74) is 22.0. The molecule has 0 aromatic heterocycles. The lowest BCUT2D eigenvalue weighted by molar-refractivity contribution is -0.146. The molecule has 0 aliphatic carbocycles. The highest BCUT2D eigenvalue weighted by Gasteiger charge is 2.41. The molecule has 1 saturated heterocycles. The lowest BCUT2D eigenvalue weighted by Crippen LogP contribution is -2.61. The number of primary amides is 1. The molecular formula is C49H87N13O13. The van der Waals surface area contributed by atoms with Crippen molar-refractivity contribution < 1.29 is 63.0 Å². The lowest BCUT2D eigenvalue weighted by Gasteiger charge is -2.31. The maximum Gasteiger partial charge on any atom is 0.326 e. The van der Waals surface area contributed by atoms with Crippen LogP contribution in [0.25, 0.3) is 0 Å². The summed E-state index contributed by atoms with van der Waals surface area (Å²) in [6, 6.07) is -11.9. The van der Waals surface area contributed by atoms with E-state index < -0.39 is 138 Å². The Labute approximate surface area is 439 Å². The second-order valence-electron chi connectivity index (χ2n) is 21.1. The molecule has 1 aliphatic heterocycles. The molecule has 426 valence electrons. The number of carboxylic acids is 2. The Morgan fingerprint density at radius 2 is 1.01 bits per heavy atom. The third-order valence-corrected chi connectivity index (χ3v) is 12.3. The van der Waals surface area contributed by atoms with Gasteiger partial charge in [-0.2, -0.15) is 0 Å². The number of nitrogens with two attached hydrogens (primary N) is 4. The van der Waals surface area contributed by atoms with Crippen molar-refractivity contribution in [1.82, 2.24) is 42.1 Å². The van der Waals surface area contributed by atoms with Gasteiger partial charge in [0.25, 0.3) is 0 Å². The van der Waals surface area contributed by atoms with Gasteiger partial charge >= 0.3 is 11.9 Å². The van der Waals surface area contributed by atoms with Crippen LogP contribution in [0.3, 0.4) is 0 Å². The second-order valence-corrected chi connectivity index (χ2v) is 21.1. The van der Waals surface area contributed by atoms with Gasteiger partial charge in [0.2, 0.25) is 53.2 Å². The molecule has 26 nitrogen and oxygen atoms in total. The van der Waals surface area contributed by atoms with E-state index in [4.69, 9.17) is 22.9 Å². The van der Waals surface area contributed by atoms with Crippen LogP contribution in [0.1, 0.15) is 140 Å². The zero-order chi connectivity index (χ0) is 57.4. The minimum Gasteiger partial charge on any atom is -0.481 e. The van der Waals surface area contributed by atoms with E-state index in [2.05, 4.69) is 42.2 Å². The third-order valence-electron chi connectivity index (χ3n) is 12.3. The first-order chi connectivity index (χ1) is 34.9. The maximum absolute atomic E-state index is 14.3. The molecule has 0 bridgehead atoms. The van der Waals surface area contributed by atoms with Crippen molar-refractivity contribution in [1.29, 1.82) is 0 Å². The Kier molecular flexibility index (Phi) is 28.9. The van der Waals surface area contributed by atoms with Gasteiger partial charge in [-0.05, 0) is 81.0 Å². The fourth-order valence-electron chi connectivity index (χ4n) is 8.34. The van der Waals surface area contributed by atoms with Gasteiger partial charge in [0.15, 0.2) is 5.96 Å². The van der Waals surface area contributed by atoms with Gasteiger partial charge in [-0.15, -0.1) is 0 Å². The molecule has 26 heteroatoms. The summed E-state index contributed by atoms with van der Waals surface area (Å²) in [6.07, 6.45) is -0.237. The summed E-state index contributed by atoms with van der Waals surface area (Å²) in [5, 5.41) is 37.9. The minimum absolute atomic E-state index is 0.00843. The van der Waals surface area contributed by atoms with Crippen molar-refractivity contribution in [3.63, 3.8) is 0 Å². The summed E-state index contributed by atoms with van der Waals surface area (Å²) < 4.78 is 0. The molecule has 0 saturated carbocycles. The molecule has 0 aromatic carbocycles. The van der Waals surface area contributed by atoms with Gasteiger partial charge in [0, 0.05) is 13.1 Å². The normalized spacial score (nSPS) is 17.0. The van der Waals surface area contributed by atoms with Crippen molar-refractivity contribution in [3.8, 4) is 0 Å². The van der Waals surface area contributed by atoms with E-state index in [-0.39, 0.29) is 94.1 Å². The lowest BCUT2D eigenvalue weighted by atomic mass is 9.96. The first-order valence-corrected chi connectivity index (χ1v) is 25.8. The molecule has 1 aliphatic rings. The number of guanidine groups is 1. The largest absolute Gasteiger partial charge is 0.481 e. The van der Waals surface area contributed by atoms with E-state index in [1.54, 1.807) is 55.4 Å². The number of carbonyl (C=O) groups excluding carboxylic acids is 9. The third kappa shape index (κ3) is 24.5. The van der Waals surface area contributed by atoms with Gasteiger partial charge in [-0.1, -0.05) is 75.7 Å². The Morgan fingerprint density at radius 1 is 0.573 bits per heavy atom. The second kappa shape index (κ2) is 32.7. The fourth-order valence-corrected chi connectivity index (χ4v) is 8.34. The van der Waals surface area contributed by atoms with Gasteiger partial charge in [-0.25, -0.2) is 4.79 Å². The predicted octanol–water partition coefficient (Wildman–Crippen LogP) is -1.58. The molecule has 9 amide bonds. The Bertz CT molecular complexity index is 2010. The molecule has 0 unspecified atom stereocenters. The standard InChI is InChI=1S/C49H87N13O13/c1-11-28(10)39(61-40(66)29(50)22-37(51)63)46(72)58-33(20-26(6)7)43(69)59-34(23-38(64)65)47(73)62-17-13-15-36(62)45(71)55-30(14-12-16-54-49(52)53)41(67)56-31(18-24(2)3)42(68)57-32(19-25(4)5)44(70)60-35(48(74)75)21-27(8)9/h24-36,39H,11-23,50H2,1-10H3,(H2,51,63)(H,55,71)(H,56,67)(H,57,68)(H,58,72)(H,59,69)(H,60,70)(H,61,66)(H,64,65)(H,74,75)(H4,52,53,54)/t28-,29-,30-,31-,32-,33-,34-,35-,36-,39-/m0/s1. The minimum atomic E-state index is -1.74. The molecule has 17 N–H and O–H groups in total. The zero-order valence-electron chi connectivity index (χ0n) is 45.4. The topological polar surface area (TPSA) is 432 Å². The van der Waals surface area contributed by atoms with Crippen LogP contribution >= 0.6 is 0 Å². The summed E-state index contributed by atoms with van der Waals surface area (Å²) in [6.45, 7) is 17.8. The number of carbonyl (C=O) groups is 11. The van der Waals surface area contributed by atoms with Gasteiger partial charge in [-0.3, -0.25) is 52.9 Å². The number of aliphatic imine (C=N–C) groups is 1. The summed E-state index contributed by atoms with van der Waals surface area (Å²) >= 11 is 0. The van der Waals surface area contributed by atoms with Gasteiger partial charge in [0.05, 0.1) is 18.9 Å². The Balaban J connectivity index is 3.52. The average molecular weight is 1070 g/mol. The Morgan fingerprint density at radius 3 is 1.44 bits per heavy atom. The van der Waals surface area contributed by atoms with Crippen LogP contribution in [-0.2, 0) is 52.7 Å². The fraction of sp³-hybridized carbons (Fsp3) is 0.755. The highest BCUT2D eigenvalue weighted by molar-refractivity contribution is 5.99. The van der Waals surface area contributed by atoms with Crippen LogP contribution in [-0.4, -0.2) is 154 Å². The van der Waals surface area contributed by atoms with E-state index in [9.17, 15) is 63.0 Å². The number of likely N-dealkylation sites (tertiary alicyclic amines) is 1. The molecule has 1 heterocycles. The quantitative estimate of drug-likeness (QED) is 0.0196. The molecule has 75 heavy (non-hydrogen) atoms.